The first-order valence-electron chi connectivity index (χ1n) is 6.91. The summed E-state index contributed by atoms with van der Waals surface area (Å²) in [6.45, 7) is 2.28. The van der Waals surface area contributed by atoms with Gasteiger partial charge in [-0.1, -0.05) is 48.6 Å². The Hall–Kier alpha value is -0.950. The van der Waals surface area contributed by atoms with Crippen LogP contribution in [0.4, 0.5) is 0 Å². The molecule has 1 aromatic rings. The van der Waals surface area contributed by atoms with Gasteiger partial charge in [0.05, 0.1) is 0 Å². The maximum absolute atomic E-state index is 2.51. The Morgan fingerprint density at radius 3 is 2.67 bits per heavy atom. The zero-order valence-corrected chi connectivity index (χ0v) is 11.4. The summed E-state index contributed by atoms with van der Waals surface area (Å²) in [5.74, 6) is 3.12. The van der Waals surface area contributed by atoms with Crippen molar-refractivity contribution in [2.45, 2.75) is 24.5 Å². The van der Waals surface area contributed by atoms with Gasteiger partial charge in [0.1, 0.15) is 0 Å². The molecular formula is C17H18S. The third-order valence-corrected chi connectivity index (χ3v) is 6.22. The molecule has 1 heterocycles. The van der Waals surface area contributed by atoms with Crippen LogP contribution in [0, 0.1) is 17.8 Å². The number of allylic oxidation sites excluding steroid dienone is 4. The van der Waals surface area contributed by atoms with E-state index < -0.39 is 0 Å². The molecule has 5 atom stereocenters. The average molecular weight is 254 g/mol. The summed E-state index contributed by atoms with van der Waals surface area (Å²) in [6, 6.07) is 11.1. The second kappa shape index (κ2) is 4.03. The van der Waals surface area contributed by atoms with Crippen molar-refractivity contribution in [2.24, 2.45) is 17.8 Å². The van der Waals surface area contributed by atoms with Gasteiger partial charge in [0.15, 0.2) is 0 Å². The fourth-order valence-corrected chi connectivity index (χ4v) is 5.62. The number of thioether (sulfide) groups is 1. The first kappa shape index (κ1) is 10.9. The van der Waals surface area contributed by atoms with Crippen LogP contribution in [0.1, 0.15) is 24.8 Å². The number of benzene rings is 1. The van der Waals surface area contributed by atoms with E-state index in [1.807, 2.05) is 0 Å². The molecule has 4 rings (SSSR count). The molecule has 0 nitrogen and oxygen atoms in total. The van der Waals surface area contributed by atoms with Crippen LogP contribution in [0.15, 0.2) is 53.5 Å². The van der Waals surface area contributed by atoms with Crippen LogP contribution in [0.2, 0.25) is 0 Å². The van der Waals surface area contributed by atoms with Crippen molar-refractivity contribution in [3.8, 4) is 0 Å². The molecule has 0 spiro atoms. The van der Waals surface area contributed by atoms with Crippen LogP contribution >= 0.6 is 11.8 Å². The van der Waals surface area contributed by atoms with Crippen LogP contribution in [0.5, 0.6) is 0 Å². The van der Waals surface area contributed by atoms with Gasteiger partial charge in [0.25, 0.3) is 0 Å². The van der Waals surface area contributed by atoms with Crippen LogP contribution in [0.3, 0.4) is 0 Å². The van der Waals surface area contributed by atoms with Crippen molar-refractivity contribution in [1.29, 1.82) is 0 Å². The van der Waals surface area contributed by atoms with Crippen molar-refractivity contribution in [3.63, 3.8) is 0 Å². The molecule has 92 valence electrons. The van der Waals surface area contributed by atoms with Gasteiger partial charge in [-0.05, 0) is 41.6 Å². The lowest BCUT2D eigenvalue weighted by Crippen LogP contribution is -2.30. The lowest BCUT2D eigenvalue weighted by Gasteiger charge is -2.37. The predicted octanol–water partition coefficient (Wildman–Crippen LogP) is 4.61. The molecule has 0 amide bonds. The van der Waals surface area contributed by atoms with Crippen LogP contribution in [-0.2, 0) is 0 Å². The molecule has 2 aliphatic carbocycles. The minimum atomic E-state index is 0.636. The van der Waals surface area contributed by atoms with E-state index >= 15 is 0 Å². The normalized spacial score (nSPS) is 40.7. The minimum absolute atomic E-state index is 0.636. The molecule has 0 aromatic heterocycles. The summed E-state index contributed by atoms with van der Waals surface area (Å²) < 4.78 is 0. The number of rotatable bonds is 1. The molecule has 1 aliphatic heterocycles. The standard InChI is InChI=1S/C17H18S/c1-11-9-15(12-5-3-2-4-6-12)16-13-7-8-14(10-13)17(16)18-11/h2-9,13-17H,10H2,1H3/t13-,14+,15+,16-,17-/m0/s1. The van der Waals surface area contributed by atoms with E-state index in [0.717, 1.165) is 23.0 Å². The first-order chi connectivity index (χ1) is 8.83. The second-order valence-electron chi connectivity index (χ2n) is 5.82. The highest BCUT2D eigenvalue weighted by atomic mass is 32.2. The Balaban J connectivity index is 1.77. The van der Waals surface area contributed by atoms with Gasteiger partial charge in [0, 0.05) is 11.2 Å². The number of hydrogen-bond donors (Lipinski definition) is 0. The van der Waals surface area contributed by atoms with E-state index in [9.17, 15) is 0 Å². The smallest absolute Gasteiger partial charge is 0.0197 e. The summed E-state index contributed by atoms with van der Waals surface area (Å²) >= 11 is 2.13. The third kappa shape index (κ3) is 1.53. The highest BCUT2D eigenvalue weighted by Crippen LogP contribution is 2.58. The van der Waals surface area contributed by atoms with E-state index in [1.165, 1.54) is 16.9 Å². The highest BCUT2D eigenvalue weighted by Gasteiger charge is 2.49. The maximum Gasteiger partial charge on any atom is 0.0197 e. The Kier molecular flexibility index (Phi) is 2.44. The third-order valence-electron chi connectivity index (χ3n) is 4.78. The van der Waals surface area contributed by atoms with E-state index in [1.54, 1.807) is 0 Å². The zero-order chi connectivity index (χ0) is 12.1. The summed E-state index contributed by atoms with van der Waals surface area (Å²) in [6.07, 6.45) is 8.86. The van der Waals surface area contributed by atoms with Crippen molar-refractivity contribution in [1.82, 2.24) is 0 Å². The predicted molar refractivity (Wildman–Crippen MR) is 78.5 cm³/mol. The fourth-order valence-electron chi connectivity index (χ4n) is 4.06. The van der Waals surface area contributed by atoms with Gasteiger partial charge >= 0.3 is 0 Å². The van der Waals surface area contributed by atoms with Gasteiger partial charge in [-0.15, -0.1) is 11.8 Å². The Bertz CT molecular complexity index is 514. The Morgan fingerprint density at radius 2 is 1.83 bits per heavy atom. The lowest BCUT2D eigenvalue weighted by molar-refractivity contribution is 0.412. The van der Waals surface area contributed by atoms with Crippen molar-refractivity contribution < 1.29 is 0 Å². The molecule has 1 saturated carbocycles. The minimum Gasteiger partial charge on any atom is -0.127 e. The van der Waals surface area contributed by atoms with Crippen LogP contribution < -0.4 is 0 Å². The SMILES string of the molecule is CC1=C[C@H](c2ccccc2)[C@H]2[C@@H](S1)[C@@H]1C=C[C@H]2C1. The summed E-state index contributed by atoms with van der Waals surface area (Å²) in [7, 11) is 0. The van der Waals surface area contributed by atoms with Crippen LogP contribution in [0.25, 0.3) is 0 Å². The molecular weight excluding hydrogens is 236 g/mol. The number of fused-ring (bicyclic) bond motifs is 5. The fraction of sp³-hybridized carbons (Fsp3) is 0.412. The topological polar surface area (TPSA) is 0 Å². The molecule has 18 heavy (non-hydrogen) atoms. The van der Waals surface area contributed by atoms with E-state index in [4.69, 9.17) is 0 Å². The van der Waals surface area contributed by atoms with Crippen LogP contribution in [-0.4, -0.2) is 5.25 Å². The summed E-state index contributed by atoms with van der Waals surface area (Å²) in [5.41, 5.74) is 1.51. The van der Waals surface area contributed by atoms with Gasteiger partial charge in [-0.3, -0.25) is 0 Å². The van der Waals surface area contributed by atoms with Crippen molar-refractivity contribution >= 4 is 11.8 Å². The summed E-state index contributed by atoms with van der Waals surface area (Å²) in [5, 5.41) is 0.829. The quantitative estimate of drug-likeness (QED) is 0.659. The monoisotopic (exact) mass is 254 g/mol. The van der Waals surface area contributed by atoms with E-state index in [2.05, 4.69) is 67.2 Å². The molecule has 0 saturated heterocycles. The summed E-state index contributed by atoms with van der Waals surface area (Å²) in [4.78, 5) is 1.52. The van der Waals surface area contributed by atoms with Gasteiger partial charge in [0.2, 0.25) is 0 Å². The van der Waals surface area contributed by atoms with E-state index in [0.29, 0.717) is 5.92 Å². The molecule has 1 heteroatoms. The molecule has 0 unspecified atom stereocenters. The molecule has 2 bridgehead atoms. The molecule has 0 N–H and O–H groups in total. The Morgan fingerprint density at radius 1 is 1.06 bits per heavy atom. The van der Waals surface area contributed by atoms with Crippen molar-refractivity contribution in [3.05, 3.63) is 59.0 Å². The molecule has 1 aromatic carbocycles. The molecule has 3 aliphatic rings. The Labute approximate surface area is 113 Å². The molecule has 1 fully saturated rings. The lowest BCUT2D eigenvalue weighted by atomic mass is 9.77. The average Bonchev–Trinajstić information content (AvgIpc) is 3.00. The highest BCUT2D eigenvalue weighted by molar-refractivity contribution is 8.03. The van der Waals surface area contributed by atoms with Gasteiger partial charge < -0.3 is 0 Å². The van der Waals surface area contributed by atoms with Gasteiger partial charge in [-0.25, -0.2) is 0 Å². The molecule has 0 radical (unpaired) electrons. The zero-order valence-electron chi connectivity index (χ0n) is 10.6. The van der Waals surface area contributed by atoms with E-state index in [-0.39, 0.29) is 0 Å². The maximum atomic E-state index is 2.51. The van der Waals surface area contributed by atoms with Crippen molar-refractivity contribution in [2.75, 3.05) is 0 Å². The first-order valence-corrected chi connectivity index (χ1v) is 7.79. The van der Waals surface area contributed by atoms with Gasteiger partial charge in [-0.2, -0.15) is 0 Å². The second-order valence-corrected chi connectivity index (χ2v) is 7.25. The number of hydrogen-bond acceptors (Lipinski definition) is 1. The largest absolute Gasteiger partial charge is 0.127 e.